The average molecular weight is 361 g/mol. The molecule has 0 atom stereocenters. The SMILES string of the molecule is Cc1ccc(/C=C2\SC(=S)N(c3ccc(C(=O)O)c(O)c3)C2=O)o1. The van der Waals surface area contributed by atoms with Gasteiger partial charge in [-0.15, -0.1) is 0 Å². The number of hydrogen-bond donors (Lipinski definition) is 2. The van der Waals surface area contributed by atoms with Crippen molar-refractivity contribution in [2.75, 3.05) is 4.90 Å². The number of rotatable bonds is 3. The van der Waals surface area contributed by atoms with Gasteiger partial charge in [0, 0.05) is 12.1 Å². The number of carboxylic acid groups (broad SMARTS) is 1. The summed E-state index contributed by atoms with van der Waals surface area (Å²) in [5.41, 5.74) is 0.0600. The van der Waals surface area contributed by atoms with Crippen LogP contribution in [-0.4, -0.2) is 26.4 Å². The molecule has 0 radical (unpaired) electrons. The maximum atomic E-state index is 12.6. The minimum absolute atomic E-state index is 0.245. The molecular formula is C16H11NO5S2. The largest absolute Gasteiger partial charge is 0.507 e. The van der Waals surface area contributed by atoms with E-state index in [1.54, 1.807) is 25.1 Å². The van der Waals surface area contributed by atoms with E-state index in [-0.39, 0.29) is 15.8 Å². The van der Waals surface area contributed by atoms with Crippen molar-refractivity contribution < 1.29 is 24.2 Å². The van der Waals surface area contributed by atoms with Crippen LogP contribution in [0.15, 0.2) is 39.7 Å². The van der Waals surface area contributed by atoms with E-state index in [4.69, 9.17) is 21.7 Å². The number of carbonyl (C=O) groups excluding carboxylic acids is 1. The molecule has 1 aromatic carbocycles. The van der Waals surface area contributed by atoms with Crippen LogP contribution >= 0.6 is 24.0 Å². The molecule has 0 bridgehead atoms. The number of thioether (sulfide) groups is 1. The fraction of sp³-hybridized carbons (Fsp3) is 0.0625. The molecule has 3 rings (SSSR count). The second-order valence-corrected chi connectivity index (χ2v) is 6.65. The molecule has 1 fully saturated rings. The van der Waals surface area contributed by atoms with Crippen molar-refractivity contribution in [3.05, 3.63) is 52.3 Å². The monoisotopic (exact) mass is 361 g/mol. The second-order valence-electron chi connectivity index (χ2n) is 4.97. The number of thiocarbonyl (C=S) groups is 1. The standard InChI is InChI=1S/C16H11NO5S2/c1-8-2-4-10(22-8)7-13-14(19)17(16(23)24-13)9-3-5-11(15(20)21)12(18)6-9/h2-7,18H,1H3,(H,20,21)/b13-7-. The van der Waals surface area contributed by atoms with E-state index >= 15 is 0 Å². The Hall–Kier alpha value is -2.58. The predicted molar refractivity (Wildman–Crippen MR) is 94.2 cm³/mol. The van der Waals surface area contributed by atoms with Gasteiger partial charge in [0.1, 0.15) is 22.8 Å². The Morgan fingerprint density at radius 2 is 2.08 bits per heavy atom. The molecule has 2 heterocycles. The molecule has 0 spiro atoms. The second kappa shape index (κ2) is 6.14. The third-order valence-corrected chi connectivity index (χ3v) is 4.60. The number of benzene rings is 1. The van der Waals surface area contributed by atoms with Crippen LogP contribution in [0, 0.1) is 6.92 Å². The molecular weight excluding hydrogens is 350 g/mol. The zero-order chi connectivity index (χ0) is 17.4. The Kier molecular flexibility index (Phi) is 4.16. The number of carboxylic acids is 1. The predicted octanol–water partition coefficient (Wildman–Crippen LogP) is 3.40. The van der Waals surface area contributed by atoms with Crippen LogP contribution in [0.2, 0.25) is 0 Å². The van der Waals surface area contributed by atoms with Crippen LogP contribution in [-0.2, 0) is 4.79 Å². The van der Waals surface area contributed by atoms with E-state index in [1.165, 1.54) is 23.1 Å². The number of hydrogen-bond acceptors (Lipinski definition) is 6. The Balaban J connectivity index is 1.94. The number of carbonyl (C=O) groups is 2. The van der Waals surface area contributed by atoms with Crippen LogP contribution < -0.4 is 4.90 Å². The van der Waals surface area contributed by atoms with Crippen molar-refractivity contribution in [2.24, 2.45) is 0 Å². The van der Waals surface area contributed by atoms with E-state index < -0.39 is 11.7 Å². The highest BCUT2D eigenvalue weighted by atomic mass is 32.2. The summed E-state index contributed by atoms with van der Waals surface area (Å²) in [6.07, 6.45) is 1.60. The molecule has 1 amide bonds. The Bertz CT molecular complexity index is 900. The van der Waals surface area contributed by atoms with Crippen molar-refractivity contribution in [3.8, 4) is 5.75 Å². The number of anilines is 1. The average Bonchev–Trinajstić information content (AvgIpc) is 3.02. The van der Waals surface area contributed by atoms with Crippen LogP contribution in [0.3, 0.4) is 0 Å². The number of furan rings is 1. The van der Waals surface area contributed by atoms with E-state index in [1.807, 2.05) is 0 Å². The maximum Gasteiger partial charge on any atom is 0.339 e. The molecule has 1 aliphatic heterocycles. The van der Waals surface area contributed by atoms with Crippen molar-refractivity contribution in [2.45, 2.75) is 6.92 Å². The number of aromatic carboxylic acids is 1. The van der Waals surface area contributed by atoms with Gasteiger partial charge in [-0.1, -0.05) is 24.0 Å². The van der Waals surface area contributed by atoms with Gasteiger partial charge < -0.3 is 14.6 Å². The van der Waals surface area contributed by atoms with Crippen LogP contribution in [0.1, 0.15) is 21.9 Å². The summed E-state index contributed by atoms with van der Waals surface area (Å²) in [4.78, 5) is 25.1. The number of phenols is 1. The van der Waals surface area contributed by atoms with Crippen molar-refractivity contribution in [1.82, 2.24) is 0 Å². The molecule has 2 N–H and O–H groups in total. The molecule has 24 heavy (non-hydrogen) atoms. The summed E-state index contributed by atoms with van der Waals surface area (Å²) in [5.74, 6) is -0.776. The first kappa shape index (κ1) is 16.3. The Morgan fingerprint density at radius 3 is 2.67 bits per heavy atom. The summed E-state index contributed by atoms with van der Waals surface area (Å²) in [7, 11) is 0. The lowest BCUT2D eigenvalue weighted by Crippen LogP contribution is -2.27. The van der Waals surface area contributed by atoms with E-state index in [0.717, 1.165) is 17.5 Å². The van der Waals surface area contributed by atoms with E-state index in [9.17, 15) is 14.7 Å². The Morgan fingerprint density at radius 1 is 1.33 bits per heavy atom. The zero-order valence-corrected chi connectivity index (χ0v) is 14.0. The first-order valence-corrected chi connectivity index (χ1v) is 8.00. The van der Waals surface area contributed by atoms with Gasteiger partial charge in [-0.2, -0.15) is 0 Å². The highest BCUT2D eigenvalue weighted by Crippen LogP contribution is 2.37. The summed E-state index contributed by atoms with van der Waals surface area (Å²) >= 11 is 6.33. The zero-order valence-electron chi connectivity index (χ0n) is 12.3. The molecule has 0 saturated carbocycles. The van der Waals surface area contributed by atoms with Gasteiger partial charge in [-0.3, -0.25) is 9.69 Å². The number of aryl methyl sites for hydroxylation is 1. The minimum Gasteiger partial charge on any atom is -0.507 e. The van der Waals surface area contributed by atoms with Crippen LogP contribution in [0.25, 0.3) is 6.08 Å². The summed E-state index contributed by atoms with van der Waals surface area (Å²) in [6.45, 7) is 1.80. The van der Waals surface area contributed by atoms with Gasteiger partial charge in [0.25, 0.3) is 5.91 Å². The number of aromatic hydroxyl groups is 1. The number of nitrogens with zero attached hydrogens (tertiary/aromatic N) is 1. The fourth-order valence-electron chi connectivity index (χ4n) is 2.19. The van der Waals surface area contributed by atoms with Crippen LogP contribution in [0.5, 0.6) is 5.75 Å². The Labute approximate surface area is 146 Å². The number of amides is 1. The molecule has 1 aromatic heterocycles. The lowest BCUT2D eigenvalue weighted by atomic mass is 10.1. The van der Waals surface area contributed by atoms with Gasteiger partial charge in [-0.05, 0) is 31.2 Å². The van der Waals surface area contributed by atoms with Gasteiger partial charge in [-0.25, -0.2) is 4.79 Å². The molecule has 8 heteroatoms. The van der Waals surface area contributed by atoms with Crippen LogP contribution in [0.4, 0.5) is 5.69 Å². The van der Waals surface area contributed by atoms with Gasteiger partial charge >= 0.3 is 5.97 Å². The molecule has 2 aromatic rings. The van der Waals surface area contributed by atoms with Crippen molar-refractivity contribution in [1.29, 1.82) is 0 Å². The van der Waals surface area contributed by atoms with E-state index in [2.05, 4.69) is 0 Å². The fourth-order valence-corrected chi connectivity index (χ4v) is 3.47. The third kappa shape index (κ3) is 2.93. The summed E-state index contributed by atoms with van der Waals surface area (Å²) in [5, 5.41) is 18.7. The van der Waals surface area contributed by atoms with E-state index in [0.29, 0.717) is 16.4 Å². The highest BCUT2D eigenvalue weighted by molar-refractivity contribution is 8.27. The molecule has 1 aliphatic rings. The lowest BCUT2D eigenvalue weighted by Gasteiger charge is -2.15. The minimum atomic E-state index is -1.25. The summed E-state index contributed by atoms with van der Waals surface area (Å²) in [6, 6.07) is 7.39. The molecule has 0 aliphatic carbocycles. The first-order chi connectivity index (χ1) is 11.4. The molecule has 6 nitrogen and oxygen atoms in total. The van der Waals surface area contributed by atoms with Gasteiger partial charge in [0.15, 0.2) is 4.32 Å². The molecule has 122 valence electrons. The summed E-state index contributed by atoms with van der Waals surface area (Å²) < 4.78 is 5.71. The van der Waals surface area contributed by atoms with Gasteiger partial charge in [0.2, 0.25) is 0 Å². The topological polar surface area (TPSA) is 91.0 Å². The first-order valence-electron chi connectivity index (χ1n) is 6.77. The normalized spacial score (nSPS) is 16.2. The van der Waals surface area contributed by atoms with Gasteiger partial charge in [0.05, 0.1) is 10.6 Å². The maximum absolute atomic E-state index is 12.6. The lowest BCUT2D eigenvalue weighted by molar-refractivity contribution is -0.113. The van der Waals surface area contributed by atoms with Crippen molar-refractivity contribution in [3.63, 3.8) is 0 Å². The molecule has 1 saturated heterocycles. The molecule has 0 unspecified atom stereocenters. The quantitative estimate of drug-likeness (QED) is 0.639. The smallest absolute Gasteiger partial charge is 0.339 e. The highest BCUT2D eigenvalue weighted by Gasteiger charge is 2.34. The third-order valence-electron chi connectivity index (χ3n) is 3.30. The van der Waals surface area contributed by atoms with Crippen molar-refractivity contribution >= 4 is 51.9 Å².